The maximum absolute atomic E-state index is 12.9. The fourth-order valence-corrected chi connectivity index (χ4v) is 3.71. The molecule has 4 rings (SSSR count). The van der Waals surface area contributed by atoms with Gasteiger partial charge in [0.2, 0.25) is 5.88 Å². The fraction of sp³-hybridized carbons (Fsp3) is 0.261. The molecule has 1 amide bonds. The molecule has 1 aromatic heterocycles. The lowest BCUT2D eigenvalue weighted by atomic mass is 10.1. The predicted molar refractivity (Wildman–Crippen MR) is 117 cm³/mol. The van der Waals surface area contributed by atoms with Crippen LogP contribution in [0, 0.1) is 6.92 Å². The summed E-state index contributed by atoms with van der Waals surface area (Å²) in [6, 6.07) is 16.7. The Balaban J connectivity index is 1.44. The van der Waals surface area contributed by atoms with Crippen LogP contribution in [0.25, 0.3) is 0 Å². The molecule has 2 aromatic carbocycles. The lowest BCUT2D eigenvalue weighted by Gasteiger charge is -2.40. The van der Waals surface area contributed by atoms with E-state index in [0.29, 0.717) is 36.1 Å². The number of rotatable bonds is 4. The molecule has 154 valence electrons. The van der Waals surface area contributed by atoms with Crippen molar-refractivity contribution in [2.24, 2.45) is 0 Å². The molecule has 30 heavy (non-hydrogen) atoms. The summed E-state index contributed by atoms with van der Waals surface area (Å²) in [5.41, 5.74) is 1.77. The standard InChI is InChI=1S/C23H23ClN4O2/c1-16-4-3-5-20(12-16)30-22-13-21(25-15-26-22)27-10-11-28(17(2)14-27)23(29)18-6-8-19(24)9-7-18/h3-9,12-13,15,17H,10-11,14H2,1-2H3/t17-/m0/s1. The second-order valence-electron chi connectivity index (χ2n) is 7.43. The molecule has 0 spiro atoms. The van der Waals surface area contributed by atoms with Crippen LogP contribution in [-0.2, 0) is 0 Å². The Bertz CT molecular complexity index is 1040. The number of anilines is 1. The van der Waals surface area contributed by atoms with Crippen molar-refractivity contribution in [3.8, 4) is 11.6 Å². The van der Waals surface area contributed by atoms with Crippen molar-refractivity contribution in [2.75, 3.05) is 24.5 Å². The minimum atomic E-state index is 0.0185. The van der Waals surface area contributed by atoms with Gasteiger partial charge < -0.3 is 14.5 Å². The van der Waals surface area contributed by atoms with E-state index in [4.69, 9.17) is 16.3 Å². The van der Waals surface area contributed by atoms with Gasteiger partial charge in [-0.05, 0) is 55.8 Å². The predicted octanol–water partition coefficient (Wildman–Crippen LogP) is 4.58. The lowest BCUT2D eigenvalue weighted by Crippen LogP contribution is -2.54. The molecule has 1 atom stereocenters. The van der Waals surface area contributed by atoms with Crippen molar-refractivity contribution in [1.29, 1.82) is 0 Å². The first-order valence-corrected chi connectivity index (χ1v) is 10.3. The van der Waals surface area contributed by atoms with E-state index in [-0.39, 0.29) is 11.9 Å². The summed E-state index contributed by atoms with van der Waals surface area (Å²) in [6.07, 6.45) is 1.51. The van der Waals surface area contributed by atoms with E-state index < -0.39 is 0 Å². The average Bonchev–Trinajstić information content (AvgIpc) is 2.74. The quantitative estimate of drug-likeness (QED) is 0.615. The van der Waals surface area contributed by atoms with Gasteiger partial charge in [0.05, 0.1) is 0 Å². The number of carbonyl (C=O) groups is 1. The Morgan fingerprint density at radius 1 is 1.10 bits per heavy atom. The number of halogens is 1. The van der Waals surface area contributed by atoms with Gasteiger partial charge in [0.1, 0.15) is 17.9 Å². The lowest BCUT2D eigenvalue weighted by molar-refractivity contribution is 0.0673. The molecule has 1 aliphatic rings. The summed E-state index contributed by atoms with van der Waals surface area (Å²) in [7, 11) is 0. The largest absolute Gasteiger partial charge is 0.439 e. The van der Waals surface area contributed by atoms with E-state index >= 15 is 0 Å². The number of benzene rings is 2. The second-order valence-corrected chi connectivity index (χ2v) is 7.87. The van der Waals surface area contributed by atoms with E-state index in [1.54, 1.807) is 24.3 Å². The van der Waals surface area contributed by atoms with Gasteiger partial charge in [-0.25, -0.2) is 9.97 Å². The summed E-state index contributed by atoms with van der Waals surface area (Å²) < 4.78 is 5.89. The van der Waals surface area contributed by atoms with E-state index in [1.807, 2.05) is 49.1 Å². The second kappa shape index (κ2) is 8.71. The number of hydrogen-bond donors (Lipinski definition) is 0. The third kappa shape index (κ3) is 4.54. The van der Waals surface area contributed by atoms with Gasteiger partial charge in [-0.3, -0.25) is 4.79 Å². The van der Waals surface area contributed by atoms with Crippen LogP contribution in [-0.4, -0.2) is 46.5 Å². The fourth-order valence-electron chi connectivity index (χ4n) is 3.58. The monoisotopic (exact) mass is 422 g/mol. The summed E-state index contributed by atoms with van der Waals surface area (Å²) in [6.45, 7) is 6.04. The molecule has 3 aromatic rings. The number of amides is 1. The van der Waals surface area contributed by atoms with Crippen molar-refractivity contribution in [2.45, 2.75) is 19.9 Å². The van der Waals surface area contributed by atoms with Crippen molar-refractivity contribution < 1.29 is 9.53 Å². The topological polar surface area (TPSA) is 58.6 Å². The SMILES string of the molecule is Cc1cccc(Oc2cc(N3CCN(C(=O)c4ccc(Cl)cc4)[C@@H](C)C3)ncn2)c1. The molecule has 2 heterocycles. The molecule has 0 saturated carbocycles. The van der Waals surface area contributed by atoms with Crippen molar-refractivity contribution in [3.05, 3.63) is 77.1 Å². The summed E-state index contributed by atoms with van der Waals surface area (Å²) >= 11 is 5.94. The van der Waals surface area contributed by atoms with Crippen LogP contribution in [0.5, 0.6) is 11.6 Å². The zero-order valence-electron chi connectivity index (χ0n) is 17.0. The van der Waals surface area contributed by atoms with Gasteiger partial charge in [0, 0.05) is 42.3 Å². The van der Waals surface area contributed by atoms with E-state index in [9.17, 15) is 4.79 Å². The molecule has 7 heteroatoms. The highest BCUT2D eigenvalue weighted by atomic mass is 35.5. The van der Waals surface area contributed by atoms with Crippen molar-refractivity contribution in [1.82, 2.24) is 14.9 Å². The Hall–Kier alpha value is -3.12. The van der Waals surface area contributed by atoms with Crippen LogP contribution in [0.4, 0.5) is 5.82 Å². The maximum Gasteiger partial charge on any atom is 0.254 e. The average molecular weight is 423 g/mol. The number of aromatic nitrogens is 2. The zero-order chi connectivity index (χ0) is 21.1. The van der Waals surface area contributed by atoms with Crippen LogP contribution < -0.4 is 9.64 Å². The Morgan fingerprint density at radius 2 is 1.90 bits per heavy atom. The Morgan fingerprint density at radius 3 is 2.63 bits per heavy atom. The molecule has 0 N–H and O–H groups in total. The number of piperazine rings is 1. The normalized spacial score (nSPS) is 16.4. The van der Waals surface area contributed by atoms with Gasteiger partial charge in [0.15, 0.2) is 0 Å². The van der Waals surface area contributed by atoms with E-state index in [1.165, 1.54) is 6.33 Å². The van der Waals surface area contributed by atoms with E-state index in [2.05, 4.69) is 14.9 Å². The number of ether oxygens (including phenoxy) is 1. The molecule has 6 nitrogen and oxygen atoms in total. The van der Waals surface area contributed by atoms with Crippen LogP contribution in [0.1, 0.15) is 22.8 Å². The van der Waals surface area contributed by atoms with Crippen molar-refractivity contribution >= 4 is 23.3 Å². The highest BCUT2D eigenvalue weighted by Gasteiger charge is 2.29. The summed E-state index contributed by atoms with van der Waals surface area (Å²) in [4.78, 5) is 25.6. The van der Waals surface area contributed by atoms with Gasteiger partial charge in [-0.1, -0.05) is 23.7 Å². The molecule has 1 fully saturated rings. The van der Waals surface area contributed by atoms with Crippen LogP contribution in [0.15, 0.2) is 60.9 Å². The molecular weight excluding hydrogens is 400 g/mol. The molecule has 1 aliphatic heterocycles. The van der Waals surface area contributed by atoms with Gasteiger partial charge >= 0.3 is 0 Å². The van der Waals surface area contributed by atoms with Crippen molar-refractivity contribution in [3.63, 3.8) is 0 Å². The maximum atomic E-state index is 12.9. The molecule has 0 aliphatic carbocycles. The molecule has 0 unspecified atom stereocenters. The minimum Gasteiger partial charge on any atom is -0.439 e. The first kappa shape index (κ1) is 20.2. The summed E-state index contributed by atoms with van der Waals surface area (Å²) in [5.74, 6) is 2.05. The summed E-state index contributed by atoms with van der Waals surface area (Å²) in [5, 5.41) is 0.622. The smallest absolute Gasteiger partial charge is 0.254 e. The van der Waals surface area contributed by atoms with Crippen LogP contribution in [0.2, 0.25) is 5.02 Å². The number of aryl methyl sites for hydroxylation is 1. The molecule has 0 bridgehead atoms. The molecule has 0 radical (unpaired) electrons. The Kier molecular flexibility index (Phi) is 5.86. The third-order valence-corrected chi connectivity index (χ3v) is 5.40. The number of carbonyl (C=O) groups excluding carboxylic acids is 1. The third-order valence-electron chi connectivity index (χ3n) is 5.14. The number of nitrogens with zero attached hydrogens (tertiary/aromatic N) is 4. The highest BCUT2D eigenvalue weighted by Crippen LogP contribution is 2.25. The van der Waals surface area contributed by atoms with Gasteiger partial charge in [-0.15, -0.1) is 0 Å². The van der Waals surface area contributed by atoms with Gasteiger partial charge in [-0.2, -0.15) is 0 Å². The first-order valence-electron chi connectivity index (χ1n) is 9.87. The van der Waals surface area contributed by atoms with E-state index in [0.717, 1.165) is 17.1 Å². The zero-order valence-corrected chi connectivity index (χ0v) is 17.7. The Labute approximate surface area is 181 Å². The first-order chi connectivity index (χ1) is 14.5. The molecular formula is C23H23ClN4O2. The molecule has 1 saturated heterocycles. The highest BCUT2D eigenvalue weighted by molar-refractivity contribution is 6.30. The minimum absolute atomic E-state index is 0.0185. The van der Waals surface area contributed by atoms with Gasteiger partial charge in [0.25, 0.3) is 5.91 Å². The van der Waals surface area contributed by atoms with Crippen LogP contribution in [0.3, 0.4) is 0 Å². The number of hydrogen-bond acceptors (Lipinski definition) is 5. The van der Waals surface area contributed by atoms with Crippen LogP contribution >= 0.6 is 11.6 Å².